The molecule has 156 valence electrons. The zero-order valence-corrected chi connectivity index (χ0v) is 16.1. The number of aliphatic hydroxyl groups is 1. The highest BCUT2D eigenvalue weighted by Gasteiger charge is 2.48. The number of ether oxygens (including phenoxy) is 3. The molecule has 0 bridgehead atoms. The molecule has 0 radical (unpaired) electrons. The lowest BCUT2D eigenvalue weighted by molar-refractivity contribution is 0.00706. The molecule has 3 aromatic rings. The summed E-state index contributed by atoms with van der Waals surface area (Å²) in [6.45, 7) is 0.478. The SMILES string of the molecule is O[C@@H]1CO[C@H]2[C@@H]1OC[C@H]2Oc1nc2nc(/C=C/c3ccc(F)cc3F)c(Cl)cc2[nH]1. The quantitative estimate of drug-likeness (QED) is 0.655. The molecule has 1 aromatic carbocycles. The number of aromatic amines is 1. The minimum atomic E-state index is -0.685. The van der Waals surface area contributed by atoms with E-state index in [0.717, 1.165) is 6.07 Å². The third kappa shape index (κ3) is 3.54. The number of hydrogen-bond donors (Lipinski definition) is 2. The van der Waals surface area contributed by atoms with Gasteiger partial charge in [0.2, 0.25) is 0 Å². The van der Waals surface area contributed by atoms with Crippen LogP contribution in [0.4, 0.5) is 8.78 Å². The van der Waals surface area contributed by atoms with Crippen LogP contribution in [0.25, 0.3) is 23.3 Å². The van der Waals surface area contributed by atoms with E-state index in [-0.39, 0.29) is 30.9 Å². The van der Waals surface area contributed by atoms with Crippen LogP contribution in [0, 0.1) is 11.6 Å². The molecule has 4 atom stereocenters. The van der Waals surface area contributed by atoms with E-state index in [1.165, 1.54) is 24.3 Å². The summed E-state index contributed by atoms with van der Waals surface area (Å²) < 4.78 is 43.8. The molecule has 2 N–H and O–H groups in total. The van der Waals surface area contributed by atoms with Crippen molar-refractivity contribution < 1.29 is 28.1 Å². The topological polar surface area (TPSA) is 89.5 Å². The fourth-order valence-electron chi connectivity index (χ4n) is 3.58. The average Bonchev–Trinajstić information content (AvgIpc) is 3.38. The maximum Gasteiger partial charge on any atom is 0.296 e. The Balaban J connectivity index is 1.37. The number of hydrogen-bond acceptors (Lipinski definition) is 6. The van der Waals surface area contributed by atoms with Crippen molar-refractivity contribution in [3.8, 4) is 6.01 Å². The van der Waals surface area contributed by atoms with E-state index in [9.17, 15) is 13.9 Å². The van der Waals surface area contributed by atoms with Crippen LogP contribution >= 0.6 is 11.6 Å². The minimum absolute atomic E-state index is 0.204. The Morgan fingerprint density at radius 2 is 1.97 bits per heavy atom. The first-order chi connectivity index (χ1) is 14.5. The Labute approximate surface area is 174 Å². The molecule has 2 aliphatic heterocycles. The monoisotopic (exact) mass is 435 g/mol. The standard InChI is InChI=1S/C20H16ClF2N3O4/c21-11-6-14-19(24-13(11)4-2-9-1-3-10(22)5-12(9)23)26-20(25-14)30-16-8-29-17-15(27)7-28-18(16)17/h1-6,15-18,27H,7-8H2,(H,24,25,26)/b4-2+/t15-,16-,17-,18-/m1/s1. The van der Waals surface area contributed by atoms with Gasteiger partial charge in [-0.05, 0) is 30.4 Å². The Hall–Kier alpha value is -2.59. The van der Waals surface area contributed by atoms with Crippen LogP contribution in [0.2, 0.25) is 5.02 Å². The highest BCUT2D eigenvalue weighted by Crippen LogP contribution is 2.30. The van der Waals surface area contributed by atoms with Crippen LogP contribution in [0.5, 0.6) is 6.01 Å². The van der Waals surface area contributed by atoms with E-state index in [1.54, 1.807) is 6.07 Å². The second-order valence-corrected chi connectivity index (χ2v) is 7.49. The lowest BCUT2D eigenvalue weighted by atomic mass is 10.1. The van der Waals surface area contributed by atoms with E-state index >= 15 is 0 Å². The summed E-state index contributed by atoms with van der Waals surface area (Å²) >= 11 is 6.28. The summed E-state index contributed by atoms with van der Waals surface area (Å²) in [6.07, 6.45) is 1.13. The van der Waals surface area contributed by atoms with Gasteiger partial charge >= 0.3 is 0 Å². The van der Waals surface area contributed by atoms with Crippen molar-refractivity contribution in [2.45, 2.75) is 24.4 Å². The van der Waals surface area contributed by atoms with Crippen molar-refractivity contribution in [3.05, 3.63) is 52.2 Å². The summed E-state index contributed by atoms with van der Waals surface area (Å²) in [6, 6.07) is 5.15. The lowest BCUT2D eigenvalue weighted by Gasteiger charge is -2.15. The number of nitrogens with one attached hydrogen (secondary N) is 1. The van der Waals surface area contributed by atoms with Crippen LogP contribution < -0.4 is 4.74 Å². The molecule has 0 unspecified atom stereocenters. The number of benzene rings is 1. The van der Waals surface area contributed by atoms with Crippen LogP contribution in [0.15, 0.2) is 24.3 Å². The van der Waals surface area contributed by atoms with Gasteiger partial charge in [-0.2, -0.15) is 4.98 Å². The summed E-state index contributed by atoms with van der Waals surface area (Å²) in [5.74, 6) is -1.34. The van der Waals surface area contributed by atoms with Crippen molar-refractivity contribution in [1.82, 2.24) is 15.0 Å². The molecule has 0 spiro atoms. The van der Waals surface area contributed by atoms with E-state index in [2.05, 4.69) is 15.0 Å². The van der Waals surface area contributed by atoms with Crippen LogP contribution in [-0.4, -0.2) is 57.7 Å². The molecule has 2 fully saturated rings. The molecular weight excluding hydrogens is 420 g/mol. The zero-order valence-electron chi connectivity index (χ0n) is 15.4. The molecular formula is C20H16ClF2N3O4. The number of imidazole rings is 1. The Kier molecular flexibility index (Phi) is 4.90. The number of halogens is 3. The fourth-order valence-corrected chi connectivity index (χ4v) is 3.79. The van der Waals surface area contributed by atoms with Gasteiger partial charge in [-0.3, -0.25) is 0 Å². The van der Waals surface area contributed by atoms with E-state index in [1.807, 2.05) is 0 Å². The van der Waals surface area contributed by atoms with Crippen molar-refractivity contribution in [3.63, 3.8) is 0 Å². The lowest BCUT2D eigenvalue weighted by Crippen LogP contribution is -2.34. The number of aromatic nitrogens is 3. The van der Waals surface area contributed by atoms with Crippen molar-refractivity contribution in [2.75, 3.05) is 13.2 Å². The van der Waals surface area contributed by atoms with Gasteiger partial charge in [0.1, 0.15) is 29.9 Å². The normalized spacial score (nSPS) is 26.0. The predicted octanol–water partition coefficient (Wildman–Crippen LogP) is 2.97. The fraction of sp³-hybridized carbons (Fsp3) is 0.300. The van der Waals surface area contributed by atoms with Gasteiger partial charge in [0, 0.05) is 11.6 Å². The van der Waals surface area contributed by atoms with E-state index < -0.39 is 29.9 Å². The van der Waals surface area contributed by atoms with Gasteiger partial charge in [-0.15, -0.1) is 0 Å². The summed E-state index contributed by atoms with van der Waals surface area (Å²) in [7, 11) is 0. The van der Waals surface area contributed by atoms with Gasteiger partial charge in [-0.25, -0.2) is 13.8 Å². The van der Waals surface area contributed by atoms with Gasteiger partial charge in [0.15, 0.2) is 11.8 Å². The van der Waals surface area contributed by atoms with Crippen molar-refractivity contribution in [2.24, 2.45) is 0 Å². The third-order valence-electron chi connectivity index (χ3n) is 5.06. The molecule has 30 heavy (non-hydrogen) atoms. The number of nitrogens with zero attached hydrogens (tertiary/aromatic N) is 2. The van der Waals surface area contributed by atoms with E-state index in [4.69, 9.17) is 25.8 Å². The van der Waals surface area contributed by atoms with Crippen molar-refractivity contribution >= 4 is 34.9 Å². The molecule has 2 aliphatic rings. The van der Waals surface area contributed by atoms with Gasteiger partial charge in [0.25, 0.3) is 6.01 Å². The molecule has 0 aliphatic carbocycles. The highest BCUT2D eigenvalue weighted by atomic mass is 35.5. The number of aliphatic hydroxyl groups excluding tert-OH is 1. The first kappa shape index (κ1) is 19.4. The van der Waals surface area contributed by atoms with Crippen LogP contribution in [0.1, 0.15) is 11.3 Å². The van der Waals surface area contributed by atoms with Crippen LogP contribution in [-0.2, 0) is 9.47 Å². The molecule has 0 amide bonds. The van der Waals surface area contributed by atoms with E-state index in [0.29, 0.717) is 21.9 Å². The molecule has 2 saturated heterocycles. The second-order valence-electron chi connectivity index (χ2n) is 7.09. The molecule has 0 saturated carbocycles. The second kappa shape index (κ2) is 7.59. The summed E-state index contributed by atoms with van der Waals surface area (Å²) in [5, 5.41) is 10.1. The Bertz CT molecular complexity index is 1140. The number of fused-ring (bicyclic) bond motifs is 2. The Morgan fingerprint density at radius 3 is 2.80 bits per heavy atom. The molecule has 2 aromatic heterocycles. The molecule has 4 heterocycles. The summed E-state index contributed by atoms with van der Waals surface area (Å²) in [5.41, 5.74) is 1.49. The maximum atomic E-state index is 13.8. The minimum Gasteiger partial charge on any atom is -0.456 e. The van der Waals surface area contributed by atoms with Gasteiger partial charge < -0.3 is 24.3 Å². The maximum absolute atomic E-state index is 13.8. The zero-order chi connectivity index (χ0) is 20.8. The van der Waals surface area contributed by atoms with Crippen LogP contribution in [0.3, 0.4) is 0 Å². The van der Waals surface area contributed by atoms with Crippen molar-refractivity contribution in [1.29, 1.82) is 0 Å². The molecule has 5 rings (SSSR count). The first-order valence-electron chi connectivity index (χ1n) is 9.25. The first-order valence-corrected chi connectivity index (χ1v) is 9.63. The average molecular weight is 436 g/mol. The molecule has 10 heteroatoms. The van der Waals surface area contributed by atoms with Gasteiger partial charge in [-0.1, -0.05) is 11.6 Å². The highest BCUT2D eigenvalue weighted by molar-refractivity contribution is 6.32. The predicted molar refractivity (Wildman–Crippen MR) is 104 cm³/mol. The smallest absolute Gasteiger partial charge is 0.296 e. The largest absolute Gasteiger partial charge is 0.456 e. The number of rotatable bonds is 4. The third-order valence-corrected chi connectivity index (χ3v) is 5.36. The number of pyridine rings is 1. The number of H-pyrrole nitrogens is 1. The Morgan fingerprint density at radius 1 is 1.13 bits per heavy atom. The molecule has 7 nitrogen and oxygen atoms in total. The van der Waals surface area contributed by atoms with Gasteiger partial charge in [0.05, 0.1) is 29.4 Å². The summed E-state index contributed by atoms with van der Waals surface area (Å²) in [4.78, 5) is 11.7.